The first-order valence-electron chi connectivity index (χ1n) is 13.7. The second-order valence-electron chi connectivity index (χ2n) is 10.2. The number of ether oxygens (including phenoxy) is 4. The summed E-state index contributed by atoms with van der Waals surface area (Å²) in [5, 5.41) is 0. The maximum Gasteiger partial charge on any atom is 0.339 e. The molecule has 2 heterocycles. The van der Waals surface area contributed by atoms with Gasteiger partial charge in [-0.25, -0.2) is 23.6 Å². The molecule has 0 bridgehead atoms. The first-order valence-corrected chi connectivity index (χ1v) is 13.7. The van der Waals surface area contributed by atoms with Crippen LogP contribution in [-0.2, 0) is 18.9 Å². The zero-order chi connectivity index (χ0) is 32.2. The van der Waals surface area contributed by atoms with Crippen molar-refractivity contribution < 1.29 is 37.7 Å². The van der Waals surface area contributed by atoms with Crippen molar-refractivity contribution in [1.29, 1.82) is 0 Å². The topological polar surface area (TPSA) is 143 Å². The number of esters is 3. The molecule has 1 aromatic heterocycles. The molecule has 11 nitrogen and oxygen atoms in total. The number of H-pyrrole nitrogens is 1. The molecule has 230 valence electrons. The lowest BCUT2D eigenvalue weighted by atomic mass is 9.85. The highest BCUT2D eigenvalue weighted by Gasteiger charge is 2.72. The molecular formula is C33H27FN2O9. The van der Waals surface area contributed by atoms with Crippen LogP contribution in [0.2, 0.25) is 0 Å². The maximum absolute atomic E-state index is 17.4. The molecule has 1 saturated heterocycles. The molecule has 0 aliphatic carbocycles. The highest BCUT2D eigenvalue weighted by atomic mass is 19.2. The summed E-state index contributed by atoms with van der Waals surface area (Å²) >= 11 is 0. The summed E-state index contributed by atoms with van der Waals surface area (Å²) in [4.78, 5) is 66.9. The van der Waals surface area contributed by atoms with Gasteiger partial charge in [0.2, 0.25) is 11.7 Å². The summed E-state index contributed by atoms with van der Waals surface area (Å²) < 4.78 is 40.9. The minimum atomic E-state index is -3.23. The van der Waals surface area contributed by atoms with Crippen LogP contribution in [0.3, 0.4) is 0 Å². The van der Waals surface area contributed by atoms with E-state index >= 15 is 4.39 Å². The first-order chi connectivity index (χ1) is 21.5. The van der Waals surface area contributed by atoms with E-state index in [0.717, 1.165) is 16.8 Å². The molecule has 1 N–H and O–H groups in total. The Bertz CT molecular complexity index is 1840. The Morgan fingerprint density at radius 2 is 1.36 bits per heavy atom. The van der Waals surface area contributed by atoms with E-state index in [1.807, 2.05) is 4.98 Å². The van der Waals surface area contributed by atoms with Gasteiger partial charge in [0.15, 0.2) is 12.8 Å². The SMILES string of the molecule is C=C(C)[C@]1(OC(=O)c2ccccc2)[C@H](n2ccc(=O)[nH]c2=O)O[C@](F)(COC(=O)c2ccccc2)[C@H]1OC(=O)c1ccccc1. The van der Waals surface area contributed by atoms with Gasteiger partial charge >= 0.3 is 23.6 Å². The fourth-order valence-corrected chi connectivity index (χ4v) is 4.93. The van der Waals surface area contributed by atoms with E-state index in [1.54, 1.807) is 54.6 Å². The zero-order valence-electron chi connectivity index (χ0n) is 23.9. The van der Waals surface area contributed by atoms with Crippen LogP contribution >= 0.6 is 0 Å². The summed E-state index contributed by atoms with van der Waals surface area (Å²) in [6.45, 7) is 4.10. The molecule has 5 rings (SSSR count). The van der Waals surface area contributed by atoms with Crippen molar-refractivity contribution in [3.63, 3.8) is 0 Å². The Morgan fingerprint density at radius 1 is 0.844 bits per heavy atom. The Morgan fingerprint density at radius 3 is 1.87 bits per heavy atom. The Balaban J connectivity index is 1.67. The zero-order valence-corrected chi connectivity index (χ0v) is 23.9. The molecule has 45 heavy (non-hydrogen) atoms. The number of aromatic amines is 1. The monoisotopic (exact) mass is 614 g/mol. The molecular weight excluding hydrogens is 587 g/mol. The molecule has 3 aromatic carbocycles. The molecule has 1 aliphatic heterocycles. The predicted octanol–water partition coefficient (Wildman–Crippen LogP) is 3.99. The molecule has 12 heteroatoms. The van der Waals surface area contributed by atoms with Gasteiger partial charge in [-0.1, -0.05) is 61.2 Å². The molecule has 1 aliphatic rings. The Hall–Kier alpha value is -5.62. The molecule has 1 fully saturated rings. The lowest BCUT2D eigenvalue weighted by Gasteiger charge is -2.38. The Kier molecular flexibility index (Phi) is 8.59. The van der Waals surface area contributed by atoms with E-state index < -0.39 is 59.6 Å². The first kappa shape index (κ1) is 30.8. The van der Waals surface area contributed by atoms with Gasteiger partial charge in [0, 0.05) is 12.3 Å². The van der Waals surface area contributed by atoms with Gasteiger partial charge < -0.3 is 18.9 Å². The van der Waals surface area contributed by atoms with Crippen LogP contribution in [0.15, 0.2) is 125 Å². The quantitative estimate of drug-likeness (QED) is 0.168. The van der Waals surface area contributed by atoms with Crippen LogP contribution in [-0.4, -0.2) is 51.6 Å². The van der Waals surface area contributed by atoms with Gasteiger partial charge in [-0.3, -0.25) is 14.3 Å². The van der Waals surface area contributed by atoms with Crippen LogP contribution in [0.5, 0.6) is 0 Å². The van der Waals surface area contributed by atoms with Crippen LogP contribution in [0.25, 0.3) is 0 Å². The number of benzene rings is 3. The van der Waals surface area contributed by atoms with Crippen molar-refractivity contribution in [3.8, 4) is 0 Å². The van der Waals surface area contributed by atoms with Gasteiger partial charge in [0.05, 0.1) is 16.7 Å². The van der Waals surface area contributed by atoms with Crippen molar-refractivity contribution >= 4 is 17.9 Å². The number of nitrogens with zero attached hydrogens (tertiary/aromatic N) is 1. The third kappa shape index (κ3) is 6.08. The summed E-state index contributed by atoms with van der Waals surface area (Å²) in [7, 11) is 0. The smallest absolute Gasteiger partial charge is 0.339 e. The van der Waals surface area contributed by atoms with Crippen molar-refractivity contribution in [2.24, 2.45) is 0 Å². The average Bonchev–Trinajstić information content (AvgIpc) is 3.29. The van der Waals surface area contributed by atoms with Crippen LogP contribution in [0.1, 0.15) is 44.2 Å². The van der Waals surface area contributed by atoms with Gasteiger partial charge in [-0.2, -0.15) is 0 Å². The summed E-state index contributed by atoms with van der Waals surface area (Å²) in [5.74, 6) is -6.21. The number of carbonyl (C=O) groups is 3. The molecule has 0 radical (unpaired) electrons. The lowest BCUT2D eigenvalue weighted by molar-refractivity contribution is -0.208. The van der Waals surface area contributed by atoms with Gasteiger partial charge in [0.25, 0.3) is 11.4 Å². The molecule has 4 atom stereocenters. The summed E-state index contributed by atoms with van der Waals surface area (Å²) in [5.41, 5.74) is -4.25. The molecule has 0 spiro atoms. The van der Waals surface area contributed by atoms with Crippen LogP contribution in [0, 0.1) is 0 Å². The maximum atomic E-state index is 17.4. The second kappa shape index (κ2) is 12.5. The average molecular weight is 615 g/mol. The van der Waals surface area contributed by atoms with Crippen molar-refractivity contribution in [1.82, 2.24) is 9.55 Å². The van der Waals surface area contributed by atoms with E-state index in [-0.39, 0.29) is 22.3 Å². The highest BCUT2D eigenvalue weighted by molar-refractivity contribution is 5.91. The summed E-state index contributed by atoms with van der Waals surface area (Å²) in [6, 6.07) is 23.9. The minimum Gasteiger partial charge on any atom is -0.456 e. The number of nitrogens with one attached hydrogen (secondary N) is 1. The van der Waals surface area contributed by atoms with E-state index in [2.05, 4.69) is 6.58 Å². The second-order valence-corrected chi connectivity index (χ2v) is 10.2. The van der Waals surface area contributed by atoms with Crippen LogP contribution in [0.4, 0.5) is 4.39 Å². The van der Waals surface area contributed by atoms with Crippen LogP contribution < -0.4 is 11.2 Å². The van der Waals surface area contributed by atoms with E-state index in [1.165, 1.54) is 43.3 Å². The molecule has 0 saturated carbocycles. The van der Waals surface area contributed by atoms with Crippen molar-refractivity contribution in [2.45, 2.75) is 30.7 Å². The van der Waals surface area contributed by atoms with Gasteiger partial charge in [-0.15, -0.1) is 0 Å². The summed E-state index contributed by atoms with van der Waals surface area (Å²) in [6.07, 6.45) is -3.12. The molecule has 4 aromatic rings. The fourth-order valence-electron chi connectivity index (χ4n) is 4.93. The highest BCUT2D eigenvalue weighted by Crippen LogP contribution is 2.52. The lowest BCUT2D eigenvalue weighted by Crippen LogP contribution is -2.57. The number of alkyl halides is 1. The molecule has 0 unspecified atom stereocenters. The van der Waals surface area contributed by atoms with Crippen molar-refractivity contribution in [2.75, 3.05) is 6.61 Å². The number of aromatic nitrogens is 2. The number of hydrogen-bond donors (Lipinski definition) is 1. The normalized spacial score (nSPS) is 22.3. The Labute approximate surface area is 255 Å². The van der Waals surface area contributed by atoms with E-state index in [0.29, 0.717) is 0 Å². The third-order valence-corrected chi connectivity index (χ3v) is 7.14. The fraction of sp³-hybridized carbons (Fsp3) is 0.182. The third-order valence-electron chi connectivity index (χ3n) is 7.14. The minimum absolute atomic E-state index is 0.00999. The van der Waals surface area contributed by atoms with Gasteiger partial charge in [0.1, 0.15) is 0 Å². The largest absolute Gasteiger partial charge is 0.456 e. The standard InChI is InChI=1S/C33H27FN2O9/c1-21(2)33(44-28(40)24-16-10-5-11-17-24)29(43-27(39)23-14-8-4-9-15-23)32(34,20-42-26(38)22-12-6-3-7-13-22)45-30(33)36-19-18-25(37)35-31(36)41/h3-19,29-30H,1,20H2,2H3,(H,35,37,41)/t29-,30-,32-,33-/m1/s1. The molecule has 0 amide bonds. The van der Waals surface area contributed by atoms with E-state index in [4.69, 9.17) is 18.9 Å². The van der Waals surface area contributed by atoms with Crippen molar-refractivity contribution in [3.05, 3.63) is 153 Å². The predicted molar refractivity (Wildman–Crippen MR) is 157 cm³/mol. The number of carbonyl (C=O) groups excluding carboxylic acids is 3. The van der Waals surface area contributed by atoms with Gasteiger partial charge in [-0.05, 0) is 48.9 Å². The van der Waals surface area contributed by atoms with E-state index in [9.17, 15) is 24.0 Å². The number of halogens is 1. The number of hydrogen-bond acceptors (Lipinski definition) is 9. The number of rotatable bonds is 9.